The number of halogens is 2. The quantitative estimate of drug-likeness (QED) is 0.527. The summed E-state index contributed by atoms with van der Waals surface area (Å²) >= 11 is 12.4. The summed E-state index contributed by atoms with van der Waals surface area (Å²) in [6.45, 7) is 3.91. The summed E-state index contributed by atoms with van der Waals surface area (Å²) in [5.41, 5.74) is 5.98. The van der Waals surface area contributed by atoms with Crippen LogP contribution in [0.4, 0.5) is 0 Å². The fourth-order valence-corrected chi connectivity index (χ4v) is 2.94. The van der Waals surface area contributed by atoms with E-state index < -0.39 is 5.91 Å². The highest BCUT2D eigenvalue weighted by molar-refractivity contribution is 6.34. The number of rotatable bonds is 4. The molecule has 0 radical (unpaired) electrons. The van der Waals surface area contributed by atoms with Gasteiger partial charge >= 0.3 is 5.91 Å². The minimum atomic E-state index is -0.409. The van der Waals surface area contributed by atoms with Gasteiger partial charge in [-0.2, -0.15) is 5.10 Å². The van der Waals surface area contributed by atoms with Crippen molar-refractivity contribution in [2.75, 3.05) is 0 Å². The molecule has 0 aliphatic heterocycles. The standard InChI is InChI=1S/C18H15Cl2N3O2/c1-11-8-13(10-21-22-18(24)17-4-3-7-25-17)12(2)23(11)16-9-14(19)5-6-15(16)20/h3-10H,1-2H3,(H,22,24)/b21-10-. The molecule has 0 aliphatic rings. The molecule has 128 valence electrons. The minimum Gasteiger partial charge on any atom is -0.459 e. The molecule has 2 heterocycles. The van der Waals surface area contributed by atoms with Crippen LogP contribution >= 0.6 is 23.2 Å². The third-order valence-corrected chi connectivity index (χ3v) is 4.29. The van der Waals surface area contributed by atoms with Gasteiger partial charge < -0.3 is 8.98 Å². The molecule has 0 atom stereocenters. The summed E-state index contributed by atoms with van der Waals surface area (Å²) in [6.07, 6.45) is 3.01. The highest BCUT2D eigenvalue weighted by atomic mass is 35.5. The molecule has 3 aromatic rings. The van der Waals surface area contributed by atoms with E-state index in [1.807, 2.05) is 30.5 Å². The summed E-state index contributed by atoms with van der Waals surface area (Å²) in [4.78, 5) is 11.8. The molecular weight excluding hydrogens is 361 g/mol. The van der Waals surface area contributed by atoms with Crippen molar-refractivity contribution in [3.63, 3.8) is 0 Å². The second-order valence-corrected chi connectivity index (χ2v) is 6.28. The maximum Gasteiger partial charge on any atom is 0.307 e. The SMILES string of the molecule is Cc1cc(/C=N\NC(=O)c2ccco2)c(C)n1-c1cc(Cl)ccc1Cl. The molecule has 2 aromatic heterocycles. The summed E-state index contributed by atoms with van der Waals surface area (Å²) in [5, 5.41) is 5.19. The van der Waals surface area contributed by atoms with Crippen molar-refractivity contribution in [1.29, 1.82) is 0 Å². The van der Waals surface area contributed by atoms with Crippen molar-refractivity contribution >= 4 is 35.3 Å². The Labute approximate surface area is 154 Å². The van der Waals surface area contributed by atoms with Crippen molar-refractivity contribution in [2.24, 2.45) is 5.10 Å². The molecule has 1 amide bonds. The van der Waals surface area contributed by atoms with E-state index in [9.17, 15) is 4.79 Å². The molecule has 0 saturated carbocycles. The predicted molar refractivity (Wildman–Crippen MR) is 99.0 cm³/mol. The van der Waals surface area contributed by atoms with Crippen LogP contribution < -0.4 is 5.43 Å². The Morgan fingerprint density at radius 3 is 2.76 bits per heavy atom. The number of hydrogen-bond donors (Lipinski definition) is 1. The zero-order valence-electron chi connectivity index (χ0n) is 13.6. The minimum absolute atomic E-state index is 0.202. The second kappa shape index (κ2) is 7.17. The highest BCUT2D eigenvalue weighted by Gasteiger charge is 2.13. The maximum atomic E-state index is 11.8. The topological polar surface area (TPSA) is 59.5 Å². The molecule has 0 bridgehead atoms. The third kappa shape index (κ3) is 3.62. The first-order valence-corrected chi connectivity index (χ1v) is 8.24. The number of hydrogen-bond acceptors (Lipinski definition) is 3. The maximum absolute atomic E-state index is 11.8. The Balaban J connectivity index is 1.86. The lowest BCUT2D eigenvalue weighted by Gasteiger charge is -2.12. The van der Waals surface area contributed by atoms with Gasteiger partial charge in [0.05, 0.1) is 23.2 Å². The van der Waals surface area contributed by atoms with E-state index in [1.54, 1.807) is 30.5 Å². The molecule has 0 spiro atoms. The smallest absolute Gasteiger partial charge is 0.307 e. The van der Waals surface area contributed by atoms with Gasteiger partial charge in [-0.05, 0) is 50.2 Å². The van der Waals surface area contributed by atoms with Gasteiger partial charge in [0.1, 0.15) is 0 Å². The fraction of sp³-hybridized carbons (Fsp3) is 0.111. The average Bonchev–Trinajstić information content (AvgIpc) is 3.19. The summed E-state index contributed by atoms with van der Waals surface area (Å²) in [5.74, 6) is -0.207. The molecule has 3 rings (SSSR count). The van der Waals surface area contributed by atoms with E-state index in [4.69, 9.17) is 27.6 Å². The highest BCUT2D eigenvalue weighted by Crippen LogP contribution is 2.28. The second-order valence-electron chi connectivity index (χ2n) is 5.43. The first kappa shape index (κ1) is 17.3. The van der Waals surface area contributed by atoms with Crippen molar-refractivity contribution in [1.82, 2.24) is 9.99 Å². The molecule has 5 nitrogen and oxygen atoms in total. The van der Waals surface area contributed by atoms with E-state index in [0.29, 0.717) is 10.0 Å². The van der Waals surface area contributed by atoms with Gasteiger partial charge in [-0.15, -0.1) is 0 Å². The van der Waals surface area contributed by atoms with Crippen LogP contribution in [-0.2, 0) is 0 Å². The number of aromatic nitrogens is 1. The van der Waals surface area contributed by atoms with Crippen molar-refractivity contribution in [2.45, 2.75) is 13.8 Å². The van der Waals surface area contributed by atoms with Crippen LogP contribution in [0.2, 0.25) is 10.0 Å². The number of carbonyl (C=O) groups is 1. The Hall–Kier alpha value is -2.50. The van der Waals surface area contributed by atoms with Gasteiger partial charge in [0.15, 0.2) is 5.76 Å². The van der Waals surface area contributed by atoms with Crippen molar-refractivity contribution in [3.8, 4) is 5.69 Å². The summed E-state index contributed by atoms with van der Waals surface area (Å²) < 4.78 is 7.00. The molecule has 0 unspecified atom stereocenters. The molecule has 1 N–H and O–H groups in total. The van der Waals surface area contributed by atoms with Crippen molar-refractivity contribution in [3.05, 3.63) is 75.4 Å². The molecule has 7 heteroatoms. The van der Waals surface area contributed by atoms with Crippen molar-refractivity contribution < 1.29 is 9.21 Å². The summed E-state index contributed by atoms with van der Waals surface area (Å²) in [6, 6.07) is 10.5. The fourth-order valence-electron chi connectivity index (χ4n) is 2.57. The van der Waals surface area contributed by atoms with Crippen LogP contribution in [0.25, 0.3) is 5.69 Å². The van der Waals surface area contributed by atoms with E-state index in [1.165, 1.54) is 6.26 Å². The van der Waals surface area contributed by atoms with E-state index >= 15 is 0 Å². The molecule has 1 aromatic carbocycles. The van der Waals surface area contributed by atoms with E-state index in [0.717, 1.165) is 22.6 Å². The molecule has 0 saturated heterocycles. The van der Waals surface area contributed by atoms with Crippen LogP contribution in [0.5, 0.6) is 0 Å². The number of amides is 1. The third-order valence-electron chi connectivity index (χ3n) is 3.73. The molecular formula is C18H15Cl2N3O2. The van der Waals surface area contributed by atoms with Gasteiger partial charge in [-0.3, -0.25) is 4.79 Å². The van der Waals surface area contributed by atoms with Gasteiger partial charge in [-0.1, -0.05) is 23.2 Å². The normalized spacial score (nSPS) is 11.2. The van der Waals surface area contributed by atoms with Gasteiger partial charge in [0, 0.05) is 22.0 Å². The van der Waals surface area contributed by atoms with Crippen LogP contribution in [-0.4, -0.2) is 16.7 Å². The van der Waals surface area contributed by atoms with E-state index in [2.05, 4.69) is 10.5 Å². The first-order valence-electron chi connectivity index (χ1n) is 7.48. The Morgan fingerprint density at radius 2 is 2.04 bits per heavy atom. The van der Waals surface area contributed by atoms with Gasteiger partial charge in [0.2, 0.25) is 0 Å². The Kier molecular flexibility index (Phi) is 4.97. The number of nitrogens with one attached hydrogen (secondary N) is 1. The molecule has 0 fully saturated rings. The van der Waals surface area contributed by atoms with Gasteiger partial charge in [-0.25, -0.2) is 5.43 Å². The van der Waals surface area contributed by atoms with Crippen LogP contribution in [0.15, 0.2) is 52.2 Å². The molecule has 25 heavy (non-hydrogen) atoms. The lowest BCUT2D eigenvalue weighted by molar-refractivity contribution is 0.0927. The Bertz CT molecular complexity index is 944. The Morgan fingerprint density at radius 1 is 1.24 bits per heavy atom. The largest absolute Gasteiger partial charge is 0.459 e. The average molecular weight is 376 g/mol. The lowest BCUT2D eigenvalue weighted by atomic mass is 10.2. The van der Waals surface area contributed by atoms with Crippen LogP contribution in [0.1, 0.15) is 27.5 Å². The number of benzene rings is 1. The van der Waals surface area contributed by atoms with Crippen LogP contribution in [0.3, 0.4) is 0 Å². The van der Waals surface area contributed by atoms with E-state index in [-0.39, 0.29) is 5.76 Å². The lowest BCUT2D eigenvalue weighted by Crippen LogP contribution is -2.16. The number of nitrogens with zero attached hydrogens (tertiary/aromatic N) is 2. The summed E-state index contributed by atoms with van der Waals surface area (Å²) in [7, 11) is 0. The molecule has 0 aliphatic carbocycles. The predicted octanol–water partition coefficient (Wildman–Crippen LogP) is 4.76. The number of carbonyl (C=O) groups excluding carboxylic acids is 1. The van der Waals surface area contributed by atoms with Crippen LogP contribution in [0, 0.1) is 13.8 Å². The number of furan rings is 1. The number of aryl methyl sites for hydroxylation is 1. The zero-order chi connectivity index (χ0) is 18.0. The zero-order valence-corrected chi connectivity index (χ0v) is 15.1. The first-order chi connectivity index (χ1) is 12.0. The number of hydrazone groups is 1. The van der Waals surface area contributed by atoms with Gasteiger partial charge in [0.25, 0.3) is 0 Å². The monoisotopic (exact) mass is 375 g/mol.